The highest BCUT2D eigenvalue weighted by molar-refractivity contribution is 5.44. The van der Waals surface area contributed by atoms with Crippen LogP contribution in [0.2, 0.25) is 0 Å². The number of nitriles is 1. The molecule has 0 unspecified atom stereocenters. The minimum absolute atomic E-state index is 0.459. The third-order valence-corrected chi connectivity index (χ3v) is 2.30. The molecule has 0 fully saturated rings. The molecule has 0 aliphatic carbocycles. The molecule has 110 valence electrons. The van der Waals surface area contributed by atoms with Crippen LogP contribution in [0.4, 0.5) is 35.1 Å². The Hall–Kier alpha value is -1.92. The van der Waals surface area contributed by atoms with E-state index in [0.717, 1.165) is 13.0 Å². The number of pyridine rings is 1. The Morgan fingerprint density at radius 1 is 1.05 bits per heavy atom. The van der Waals surface area contributed by atoms with Gasteiger partial charge in [0.05, 0.1) is 16.8 Å². The lowest BCUT2D eigenvalue weighted by atomic mass is 10.0. The highest BCUT2D eigenvalue weighted by Gasteiger charge is 2.60. The van der Waals surface area contributed by atoms with E-state index < -0.39 is 46.9 Å². The van der Waals surface area contributed by atoms with E-state index in [0.29, 0.717) is 0 Å². The van der Waals surface area contributed by atoms with Crippen molar-refractivity contribution in [3.8, 4) is 6.07 Å². The molecule has 0 N–H and O–H groups in total. The Morgan fingerprint density at radius 3 is 1.90 bits per heavy atom. The van der Waals surface area contributed by atoms with Crippen LogP contribution < -0.4 is 0 Å². The van der Waals surface area contributed by atoms with Gasteiger partial charge in [0.1, 0.15) is 11.8 Å². The van der Waals surface area contributed by atoms with Crippen LogP contribution in [-0.2, 0) is 12.1 Å². The number of hydrogen-bond donors (Lipinski definition) is 0. The van der Waals surface area contributed by atoms with Crippen LogP contribution in [0.25, 0.3) is 0 Å². The summed E-state index contributed by atoms with van der Waals surface area (Å²) in [5, 5.41) is 8.52. The summed E-state index contributed by atoms with van der Waals surface area (Å²) < 4.78 is 100. The van der Waals surface area contributed by atoms with Crippen molar-refractivity contribution in [2.45, 2.75) is 25.2 Å². The van der Waals surface area contributed by atoms with E-state index in [1.54, 1.807) is 0 Å². The first kappa shape index (κ1) is 16.1. The maximum absolute atomic E-state index is 13.0. The standard InChI is InChI=1S/C10H4F8N2/c1-4-5(3-19)6(9(13,14)15)2-7(20-4)8(11,12)10(16,17)18/h2H,1H3. The minimum Gasteiger partial charge on any atom is -0.250 e. The fraction of sp³-hybridized carbons (Fsp3) is 0.400. The zero-order valence-corrected chi connectivity index (χ0v) is 9.50. The fourth-order valence-corrected chi connectivity index (χ4v) is 1.34. The van der Waals surface area contributed by atoms with E-state index in [9.17, 15) is 35.1 Å². The van der Waals surface area contributed by atoms with E-state index in [2.05, 4.69) is 4.98 Å². The molecule has 0 bridgehead atoms. The predicted molar refractivity (Wildman–Crippen MR) is 48.6 cm³/mol. The van der Waals surface area contributed by atoms with Crippen LogP contribution in [0, 0.1) is 18.3 Å². The predicted octanol–water partition coefficient (Wildman–Crippen LogP) is 3.93. The summed E-state index contributed by atoms with van der Waals surface area (Å²) in [5.74, 6) is -5.55. The molecule has 0 saturated heterocycles. The lowest BCUT2D eigenvalue weighted by molar-refractivity contribution is -0.291. The summed E-state index contributed by atoms with van der Waals surface area (Å²) in [5.41, 5.74) is -5.94. The summed E-state index contributed by atoms with van der Waals surface area (Å²) in [4.78, 5) is 2.76. The fourth-order valence-electron chi connectivity index (χ4n) is 1.34. The van der Waals surface area contributed by atoms with Gasteiger partial charge in [-0.3, -0.25) is 4.98 Å². The first-order chi connectivity index (χ1) is 8.82. The highest BCUT2D eigenvalue weighted by atomic mass is 19.4. The van der Waals surface area contributed by atoms with Gasteiger partial charge in [-0.1, -0.05) is 0 Å². The molecule has 1 heterocycles. The van der Waals surface area contributed by atoms with Crippen molar-refractivity contribution >= 4 is 0 Å². The minimum atomic E-state index is -6.09. The van der Waals surface area contributed by atoms with Crippen molar-refractivity contribution in [3.63, 3.8) is 0 Å². The summed E-state index contributed by atoms with van der Waals surface area (Å²) in [7, 11) is 0. The topological polar surface area (TPSA) is 36.7 Å². The zero-order chi connectivity index (χ0) is 15.9. The molecule has 0 radical (unpaired) electrons. The Bertz CT molecular complexity index is 564. The molecule has 0 aliphatic rings. The van der Waals surface area contributed by atoms with Crippen molar-refractivity contribution in [2.75, 3.05) is 0 Å². The van der Waals surface area contributed by atoms with Crippen molar-refractivity contribution in [2.24, 2.45) is 0 Å². The van der Waals surface area contributed by atoms with Gasteiger partial charge in [0.25, 0.3) is 0 Å². The van der Waals surface area contributed by atoms with E-state index in [-0.39, 0.29) is 0 Å². The molecular weight excluding hydrogens is 300 g/mol. The monoisotopic (exact) mass is 304 g/mol. The quantitative estimate of drug-likeness (QED) is 0.737. The molecule has 2 nitrogen and oxygen atoms in total. The summed E-state index contributed by atoms with van der Waals surface area (Å²) in [6, 6.07) is 0.620. The van der Waals surface area contributed by atoms with Crippen LogP contribution in [0.1, 0.15) is 22.5 Å². The van der Waals surface area contributed by atoms with Crippen LogP contribution in [0.5, 0.6) is 0 Å². The van der Waals surface area contributed by atoms with Gasteiger partial charge in [-0.05, 0) is 13.0 Å². The average molecular weight is 304 g/mol. The first-order valence-corrected chi connectivity index (χ1v) is 4.76. The Balaban J connectivity index is 3.64. The van der Waals surface area contributed by atoms with Gasteiger partial charge >= 0.3 is 18.3 Å². The van der Waals surface area contributed by atoms with Crippen LogP contribution in [-0.4, -0.2) is 11.2 Å². The second kappa shape index (κ2) is 4.57. The third-order valence-electron chi connectivity index (χ3n) is 2.30. The van der Waals surface area contributed by atoms with Gasteiger partial charge in [0, 0.05) is 0 Å². The number of hydrogen-bond acceptors (Lipinski definition) is 2. The molecule has 1 aromatic heterocycles. The van der Waals surface area contributed by atoms with Gasteiger partial charge in [-0.25, -0.2) is 0 Å². The highest BCUT2D eigenvalue weighted by Crippen LogP contribution is 2.45. The molecular formula is C10H4F8N2. The molecule has 10 heteroatoms. The third kappa shape index (κ3) is 2.66. The largest absolute Gasteiger partial charge is 0.459 e. The lowest BCUT2D eigenvalue weighted by Crippen LogP contribution is -2.35. The second-order valence-electron chi connectivity index (χ2n) is 3.70. The number of aromatic nitrogens is 1. The maximum Gasteiger partial charge on any atom is 0.459 e. The van der Waals surface area contributed by atoms with Gasteiger partial charge in [0.2, 0.25) is 0 Å². The summed E-state index contributed by atoms with van der Waals surface area (Å²) >= 11 is 0. The average Bonchev–Trinajstić information content (AvgIpc) is 2.24. The number of rotatable bonds is 1. The maximum atomic E-state index is 13.0. The molecule has 0 aromatic carbocycles. The smallest absolute Gasteiger partial charge is 0.250 e. The Kier molecular flexibility index (Phi) is 3.69. The summed E-state index contributed by atoms with van der Waals surface area (Å²) in [6.07, 6.45) is -11.3. The van der Waals surface area contributed by atoms with Crippen LogP contribution in [0.15, 0.2) is 6.07 Å². The van der Waals surface area contributed by atoms with E-state index in [1.165, 1.54) is 0 Å². The number of nitrogens with zero attached hydrogens (tertiary/aromatic N) is 2. The number of aryl methyl sites for hydroxylation is 1. The zero-order valence-electron chi connectivity index (χ0n) is 9.50. The molecule has 0 spiro atoms. The molecule has 1 aromatic rings. The SMILES string of the molecule is Cc1nc(C(F)(F)C(F)(F)F)cc(C(F)(F)F)c1C#N. The van der Waals surface area contributed by atoms with Crippen LogP contribution in [0.3, 0.4) is 0 Å². The molecule has 0 aliphatic heterocycles. The van der Waals surface area contributed by atoms with Crippen molar-refractivity contribution < 1.29 is 35.1 Å². The molecule has 0 saturated carbocycles. The number of halogens is 8. The second-order valence-corrected chi connectivity index (χ2v) is 3.70. The Labute approximate surface area is 106 Å². The van der Waals surface area contributed by atoms with Gasteiger partial charge in [-0.2, -0.15) is 40.4 Å². The van der Waals surface area contributed by atoms with Crippen molar-refractivity contribution in [1.29, 1.82) is 5.26 Å². The van der Waals surface area contributed by atoms with Gasteiger partial charge in [0.15, 0.2) is 0 Å². The van der Waals surface area contributed by atoms with Gasteiger partial charge < -0.3 is 0 Å². The van der Waals surface area contributed by atoms with E-state index >= 15 is 0 Å². The van der Waals surface area contributed by atoms with E-state index in [1.807, 2.05) is 0 Å². The van der Waals surface area contributed by atoms with Crippen molar-refractivity contribution in [1.82, 2.24) is 4.98 Å². The molecule has 20 heavy (non-hydrogen) atoms. The van der Waals surface area contributed by atoms with Crippen LogP contribution >= 0.6 is 0 Å². The molecule has 0 amide bonds. The normalized spacial score (nSPS) is 13.2. The first-order valence-electron chi connectivity index (χ1n) is 4.76. The van der Waals surface area contributed by atoms with Crippen molar-refractivity contribution in [3.05, 3.63) is 28.6 Å². The molecule has 0 atom stereocenters. The van der Waals surface area contributed by atoms with E-state index in [4.69, 9.17) is 5.26 Å². The summed E-state index contributed by atoms with van der Waals surface area (Å²) in [6.45, 7) is 0.740. The number of alkyl halides is 8. The lowest BCUT2D eigenvalue weighted by Gasteiger charge is -2.21. The Morgan fingerprint density at radius 2 is 1.55 bits per heavy atom. The van der Waals surface area contributed by atoms with Gasteiger partial charge in [-0.15, -0.1) is 0 Å². The molecule has 1 rings (SSSR count).